The molecule has 0 spiro atoms. The number of aromatic nitrogens is 4. The molecule has 0 bridgehead atoms. The van der Waals surface area contributed by atoms with Crippen molar-refractivity contribution in [3.8, 4) is 11.6 Å². The first kappa shape index (κ1) is 19.4. The van der Waals surface area contributed by atoms with Gasteiger partial charge in [0.2, 0.25) is 5.95 Å². The molecule has 27 heavy (non-hydrogen) atoms. The molecule has 0 N–H and O–H groups in total. The van der Waals surface area contributed by atoms with E-state index in [1.54, 1.807) is 0 Å². The van der Waals surface area contributed by atoms with E-state index < -0.39 is 0 Å². The second-order valence-electron chi connectivity index (χ2n) is 7.74. The van der Waals surface area contributed by atoms with Gasteiger partial charge in [0.1, 0.15) is 5.82 Å². The summed E-state index contributed by atoms with van der Waals surface area (Å²) in [5.41, 5.74) is 3.61. The molecule has 0 aliphatic rings. The van der Waals surface area contributed by atoms with Crippen LogP contribution < -0.4 is 0 Å². The lowest BCUT2D eigenvalue weighted by Gasteiger charge is -2.30. The number of aryl methyl sites for hydroxylation is 2. The Morgan fingerprint density at radius 2 is 1.63 bits per heavy atom. The molecule has 3 rings (SSSR count). The van der Waals surface area contributed by atoms with Gasteiger partial charge in [0.05, 0.1) is 6.20 Å². The van der Waals surface area contributed by atoms with Crippen LogP contribution in [0.15, 0.2) is 42.9 Å². The summed E-state index contributed by atoms with van der Waals surface area (Å²) in [6.45, 7) is 14.2. The summed E-state index contributed by atoms with van der Waals surface area (Å²) in [4.78, 5) is 11.6. The molecule has 0 saturated heterocycles. The molecule has 5 nitrogen and oxygen atoms in total. The van der Waals surface area contributed by atoms with Gasteiger partial charge in [-0.3, -0.25) is 14.0 Å². The van der Waals surface area contributed by atoms with E-state index in [9.17, 15) is 0 Å². The highest BCUT2D eigenvalue weighted by Crippen LogP contribution is 2.21. The zero-order valence-corrected chi connectivity index (χ0v) is 17.3. The van der Waals surface area contributed by atoms with Crippen LogP contribution >= 0.6 is 0 Å². The molecular formula is C22H31N5. The normalized spacial score (nSPS) is 11.9. The molecule has 2 heterocycles. The third-order valence-electron chi connectivity index (χ3n) is 5.10. The minimum absolute atomic E-state index is 0.524. The summed E-state index contributed by atoms with van der Waals surface area (Å²) in [6, 6.07) is 9.68. The number of rotatable bonds is 7. The number of imidazole rings is 2. The summed E-state index contributed by atoms with van der Waals surface area (Å²) >= 11 is 0. The minimum Gasteiger partial charge on any atom is -0.298 e. The summed E-state index contributed by atoms with van der Waals surface area (Å²) in [5, 5.41) is 0. The Kier molecular flexibility index (Phi) is 5.80. The fourth-order valence-electron chi connectivity index (χ4n) is 3.64. The fourth-order valence-corrected chi connectivity index (χ4v) is 3.64. The summed E-state index contributed by atoms with van der Waals surface area (Å²) in [6.07, 6.45) is 6.75. The van der Waals surface area contributed by atoms with Crippen molar-refractivity contribution < 1.29 is 0 Å². The molecule has 5 heteroatoms. The number of nitrogens with zero attached hydrogens (tertiary/aromatic N) is 5. The Balaban J connectivity index is 2.00. The quantitative estimate of drug-likeness (QED) is 0.625. The zero-order chi connectivity index (χ0) is 19.6. The predicted molar refractivity (Wildman–Crippen MR) is 111 cm³/mol. The monoisotopic (exact) mass is 365 g/mol. The largest absolute Gasteiger partial charge is 0.298 e. The van der Waals surface area contributed by atoms with E-state index in [0.717, 1.165) is 30.4 Å². The molecule has 2 aromatic heterocycles. The first-order valence-electron chi connectivity index (χ1n) is 9.78. The molecular weight excluding hydrogens is 334 g/mol. The SMILES string of the molecule is Cc1ccc(-n2c(CCN(C(C)C)C(C)C)cnc2-n2ccnc2C)cc1. The second kappa shape index (κ2) is 8.09. The Labute approximate surface area is 162 Å². The van der Waals surface area contributed by atoms with Crippen molar-refractivity contribution in [3.05, 3.63) is 59.9 Å². The highest BCUT2D eigenvalue weighted by molar-refractivity contribution is 5.41. The topological polar surface area (TPSA) is 38.9 Å². The van der Waals surface area contributed by atoms with Gasteiger partial charge >= 0.3 is 0 Å². The number of benzene rings is 1. The van der Waals surface area contributed by atoms with Crippen molar-refractivity contribution in [3.63, 3.8) is 0 Å². The van der Waals surface area contributed by atoms with Gasteiger partial charge < -0.3 is 0 Å². The van der Waals surface area contributed by atoms with Crippen LogP contribution in [0.1, 0.15) is 44.8 Å². The van der Waals surface area contributed by atoms with Crippen LogP contribution in [-0.4, -0.2) is 42.6 Å². The molecule has 0 aliphatic heterocycles. The molecule has 0 radical (unpaired) electrons. The third-order valence-corrected chi connectivity index (χ3v) is 5.10. The molecule has 0 atom stereocenters. The van der Waals surface area contributed by atoms with Crippen LogP contribution in [0.5, 0.6) is 0 Å². The van der Waals surface area contributed by atoms with Crippen LogP contribution in [0.25, 0.3) is 11.6 Å². The van der Waals surface area contributed by atoms with E-state index >= 15 is 0 Å². The molecule has 0 fully saturated rings. The van der Waals surface area contributed by atoms with Crippen molar-refractivity contribution in [2.45, 2.75) is 60.0 Å². The average molecular weight is 366 g/mol. The smallest absolute Gasteiger partial charge is 0.220 e. The Morgan fingerprint density at radius 3 is 2.19 bits per heavy atom. The number of hydrogen-bond acceptors (Lipinski definition) is 3. The first-order valence-corrected chi connectivity index (χ1v) is 9.78. The van der Waals surface area contributed by atoms with Gasteiger partial charge in [-0.25, -0.2) is 9.97 Å². The molecule has 144 valence electrons. The van der Waals surface area contributed by atoms with Crippen molar-refractivity contribution in [2.24, 2.45) is 0 Å². The first-order chi connectivity index (χ1) is 12.9. The third kappa shape index (κ3) is 4.14. The van der Waals surface area contributed by atoms with Crippen LogP contribution in [0, 0.1) is 13.8 Å². The van der Waals surface area contributed by atoms with Gasteiger partial charge in [-0.05, 0) is 53.7 Å². The lowest BCUT2D eigenvalue weighted by Crippen LogP contribution is -2.38. The van der Waals surface area contributed by atoms with E-state index in [1.165, 1.54) is 11.3 Å². The van der Waals surface area contributed by atoms with Crippen molar-refractivity contribution >= 4 is 0 Å². The van der Waals surface area contributed by atoms with Crippen LogP contribution in [0.4, 0.5) is 0 Å². The van der Waals surface area contributed by atoms with Crippen LogP contribution in [0.2, 0.25) is 0 Å². The summed E-state index contributed by atoms with van der Waals surface area (Å²) < 4.78 is 4.30. The number of hydrogen-bond donors (Lipinski definition) is 0. The summed E-state index contributed by atoms with van der Waals surface area (Å²) in [5.74, 6) is 1.83. The predicted octanol–water partition coefficient (Wildman–Crippen LogP) is 4.34. The lowest BCUT2D eigenvalue weighted by atomic mass is 10.2. The molecule has 0 amide bonds. The Hall–Kier alpha value is -2.40. The summed E-state index contributed by atoms with van der Waals surface area (Å²) in [7, 11) is 0. The van der Waals surface area contributed by atoms with Gasteiger partial charge in [-0.2, -0.15) is 0 Å². The van der Waals surface area contributed by atoms with E-state index in [-0.39, 0.29) is 0 Å². The van der Waals surface area contributed by atoms with E-state index in [1.807, 2.05) is 30.1 Å². The zero-order valence-electron chi connectivity index (χ0n) is 17.3. The second-order valence-corrected chi connectivity index (χ2v) is 7.74. The molecule has 1 aromatic carbocycles. The Bertz CT molecular complexity index is 863. The van der Waals surface area contributed by atoms with Gasteiger partial charge in [0, 0.05) is 48.8 Å². The van der Waals surface area contributed by atoms with E-state index in [0.29, 0.717) is 12.1 Å². The fraction of sp³-hybridized carbons (Fsp3) is 0.455. The van der Waals surface area contributed by atoms with E-state index in [4.69, 9.17) is 4.98 Å². The standard InChI is InChI=1S/C22H31N5/c1-16(2)25(17(3)4)13-11-21-15-24-22(26-14-12-23-19(26)6)27(21)20-9-7-18(5)8-10-20/h7-10,12,14-17H,11,13H2,1-6H3. The maximum atomic E-state index is 4.75. The Morgan fingerprint density at radius 1 is 0.963 bits per heavy atom. The molecule has 0 aliphatic carbocycles. The van der Waals surface area contributed by atoms with Gasteiger partial charge in [-0.15, -0.1) is 0 Å². The van der Waals surface area contributed by atoms with Crippen molar-refractivity contribution in [1.29, 1.82) is 0 Å². The average Bonchev–Trinajstić information content (AvgIpc) is 3.21. The van der Waals surface area contributed by atoms with Crippen LogP contribution in [0.3, 0.4) is 0 Å². The van der Waals surface area contributed by atoms with Crippen molar-refractivity contribution in [2.75, 3.05) is 6.54 Å². The molecule has 3 aromatic rings. The maximum absolute atomic E-state index is 4.75. The maximum Gasteiger partial charge on any atom is 0.220 e. The highest BCUT2D eigenvalue weighted by Gasteiger charge is 2.18. The van der Waals surface area contributed by atoms with Gasteiger partial charge in [-0.1, -0.05) is 17.7 Å². The van der Waals surface area contributed by atoms with Gasteiger partial charge in [0.15, 0.2) is 0 Å². The van der Waals surface area contributed by atoms with Crippen molar-refractivity contribution in [1.82, 2.24) is 24.0 Å². The highest BCUT2D eigenvalue weighted by atomic mass is 15.3. The van der Waals surface area contributed by atoms with Gasteiger partial charge in [0.25, 0.3) is 0 Å². The van der Waals surface area contributed by atoms with Crippen LogP contribution in [-0.2, 0) is 6.42 Å². The lowest BCUT2D eigenvalue weighted by molar-refractivity contribution is 0.176. The molecule has 0 unspecified atom stereocenters. The molecule has 0 saturated carbocycles. The van der Waals surface area contributed by atoms with E-state index in [2.05, 4.69) is 73.3 Å². The minimum atomic E-state index is 0.524.